The van der Waals surface area contributed by atoms with E-state index in [1.54, 1.807) is 18.4 Å². The minimum absolute atomic E-state index is 0.764. The number of hydrogen-bond donors (Lipinski definition) is 2. The lowest BCUT2D eigenvalue weighted by atomic mass is 10.4. The summed E-state index contributed by atoms with van der Waals surface area (Å²) < 4.78 is 5.78. The minimum Gasteiger partial charge on any atom is -0.383 e. The van der Waals surface area contributed by atoms with Crippen LogP contribution in [0.1, 0.15) is 4.88 Å². The highest BCUT2D eigenvalue weighted by atomic mass is 35.5. The lowest BCUT2D eigenvalue weighted by molar-refractivity contribution is 0.199. The van der Waals surface area contributed by atoms with Crippen LogP contribution in [0, 0.1) is 0 Å². The summed E-state index contributed by atoms with van der Waals surface area (Å²) in [4.78, 5) is 1.27. The molecule has 1 rings (SSSR count). The first-order chi connectivity index (χ1) is 7.33. The summed E-state index contributed by atoms with van der Waals surface area (Å²) in [5.74, 6) is 0. The van der Waals surface area contributed by atoms with Gasteiger partial charge in [0.1, 0.15) is 0 Å². The number of methoxy groups -OCH3 is 1. The highest BCUT2D eigenvalue weighted by Crippen LogP contribution is 2.20. The molecule has 0 atom stereocenters. The Labute approximate surface area is 99.8 Å². The van der Waals surface area contributed by atoms with Gasteiger partial charge in [0, 0.05) is 38.2 Å². The summed E-state index contributed by atoms with van der Waals surface area (Å²) in [5.41, 5.74) is 0. The molecule has 0 spiro atoms. The molecular weight excluding hydrogens is 232 g/mol. The van der Waals surface area contributed by atoms with Gasteiger partial charge in [0.15, 0.2) is 0 Å². The van der Waals surface area contributed by atoms with Crippen molar-refractivity contribution in [3.63, 3.8) is 0 Å². The zero-order valence-corrected chi connectivity index (χ0v) is 10.5. The SMILES string of the molecule is COCCNCCNCc1ccc(Cl)s1. The van der Waals surface area contributed by atoms with Crippen molar-refractivity contribution >= 4 is 22.9 Å². The van der Waals surface area contributed by atoms with E-state index in [1.165, 1.54) is 4.88 Å². The molecule has 86 valence electrons. The molecule has 0 aliphatic rings. The first kappa shape index (κ1) is 12.9. The average molecular weight is 249 g/mol. The Morgan fingerprint density at radius 3 is 2.73 bits per heavy atom. The molecule has 0 bridgehead atoms. The first-order valence-electron chi connectivity index (χ1n) is 4.97. The lowest BCUT2D eigenvalue weighted by Crippen LogP contribution is -2.28. The second kappa shape index (κ2) is 8.07. The monoisotopic (exact) mass is 248 g/mol. The highest BCUT2D eigenvalue weighted by molar-refractivity contribution is 7.16. The van der Waals surface area contributed by atoms with E-state index >= 15 is 0 Å². The molecule has 0 saturated heterocycles. The van der Waals surface area contributed by atoms with Crippen molar-refractivity contribution < 1.29 is 4.74 Å². The standard InChI is InChI=1S/C10H17ClN2OS/c1-14-7-6-12-4-5-13-8-9-2-3-10(11)15-9/h2-3,12-13H,4-8H2,1H3. The fourth-order valence-corrected chi connectivity index (χ4v) is 2.19. The van der Waals surface area contributed by atoms with Gasteiger partial charge in [-0.25, -0.2) is 0 Å². The molecule has 15 heavy (non-hydrogen) atoms. The average Bonchev–Trinajstić information content (AvgIpc) is 2.63. The number of hydrogen-bond acceptors (Lipinski definition) is 4. The Hall–Kier alpha value is -0.130. The van der Waals surface area contributed by atoms with Gasteiger partial charge >= 0.3 is 0 Å². The summed E-state index contributed by atoms with van der Waals surface area (Å²) in [6.45, 7) is 4.48. The molecule has 1 aromatic heterocycles. The van der Waals surface area contributed by atoms with Crippen molar-refractivity contribution in [1.82, 2.24) is 10.6 Å². The molecule has 0 radical (unpaired) electrons. The normalized spacial score (nSPS) is 10.8. The van der Waals surface area contributed by atoms with E-state index in [4.69, 9.17) is 16.3 Å². The quantitative estimate of drug-likeness (QED) is 0.688. The Morgan fingerprint density at radius 2 is 2.07 bits per heavy atom. The molecule has 0 aromatic carbocycles. The Bertz CT molecular complexity index is 268. The summed E-state index contributed by atoms with van der Waals surface area (Å²) in [5, 5.41) is 6.61. The van der Waals surface area contributed by atoms with Gasteiger partial charge in [0.2, 0.25) is 0 Å². The smallest absolute Gasteiger partial charge is 0.0931 e. The van der Waals surface area contributed by atoms with Gasteiger partial charge in [0.25, 0.3) is 0 Å². The van der Waals surface area contributed by atoms with Crippen molar-refractivity contribution in [3.05, 3.63) is 21.3 Å². The number of nitrogens with one attached hydrogen (secondary N) is 2. The molecular formula is C10H17ClN2OS. The minimum atomic E-state index is 0.764. The lowest BCUT2D eigenvalue weighted by Gasteiger charge is -2.04. The van der Waals surface area contributed by atoms with Gasteiger partial charge in [-0.1, -0.05) is 11.6 Å². The van der Waals surface area contributed by atoms with Crippen LogP contribution in [-0.2, 0) is 11.3 Å². The summed E-state index contributed by atoms with van der Waals surface area (Å²) in [7, 11) is 1.71. The van der Waals surface area contributed by atoms with E-state index in [0.717, 1.165) is 37.1 Å². The van der Waals surface area contributed by atoms with Gasteiger partial charge in [0.05, 0.1) is 10.9 Å². The first-order valence-corrected chi connectivity index (χ1v) is 6.17. The van der Waals surface area contributed by atoms with E-state index < -0.39 is 0 Å². The molecule has 0 fully saturated rings. The van der Waals surface area contributed by atoms with Crippen LogP contribution in [0.5, 0.6) is 0 Å². The molecule has 2 N–H and O–H groups in total. The molecule has 1 heterocycles. The summed E-state index contributed by atoms with van der Waals surface area (Å²) in [6, 6.07) is 3.98. The number of halogens is 1. The predicted molar refractivity (Wildman–Crippen MR) is 65.8 cm³/mol. The fourth-order valence-electron chi connectivity index (χ4n) is 1.13. The van der Waals surface area contributed by atoms with Crippen LogP contribution in [0.25, 0.3) is 0 Å². The van der Waals surface area contributed by atoms with Crippen molar-refractivity contribution in [2.45, 2.75) is 6.54 Å². The zero-order valence-electron chi connectivity index (χ0n) is 8.88. The van der Waals surface area contributed by atoms with Crippen LogP contribution in [0.2, 0.25) is 4.34 Å². The molecule has 0 aliphatic heterocycles. The maximum Gasteiger partial charge on any atom is 0.0931 e. The number of ether oxygens (including phenoxy) is 1. The van der Waals surface area contributed by atoms with Crippen molar-refractivity contribution in [3.8, 4) is 0 Å². The molecule has 0 aliphatic carbocycles. The predicted octanol–water partition coefficient (Wildman–Crippen LogP) is 1.73. The maximum absolute atomic E-state index is 5.82. The van der Waals surface area contributed by atoms with Crippen LogP contribution in [0.4, 0.5) is 0 Å². The van der Waals surface area contributed by atoms with Crippen LogP contribution >= 0.6 is 22.9 Å². The molecule has 1 aromatic rings. The van der Waals surface area contributed by atoms with Crippen molar-refractivity contribution in [2.75, 3.05) is 33.4 Å². The molecule has 5 heteroatoms. The number of thiophene rings is 1. The topological polar surface area (TPSA) is 33.3 Å². The van der Waals surface area contributed by atoms with E-state index in [2.05, 4.69) is 16.7 Å². The highest BCUT2D eigenvalue weighted by Gasteiger charge is 1.96. The fraction of sp³-hybridized carbons (Fsp3) is 0.600. The largest absolute Gasteiger partial charge is 0.383 e. The van der Waals surface area contributed by atoms with E-state index in [-0.39, 0.29) is 0 Å². The van der Waals surface area contributed by atoms with Crippen molar-refractivity contribution in [2.24, 2.45) is 0 Å². The van der Waals surface area contributed by atoms with Crippen LogP contribution in [0.3, 0.4) is 0 Å². The Morgan fingerprint density at radius 1 is 1.27 bits per heavy atom. The Balaban J connectivity index is 1.93. The summed E-state index contributed by atoms with van der Waals surface area (Å²) in [6.07, 6.45) is 0. The van der Waals surface area contributed by atoms with E-state index in [1.807, 2.05) is 6.07 Å². The number of rotatable bonds is 8. The van der Waals surface area contributed by atoms with E-state index in [0.29, 0.717) is 0 Å². The Kier molecular flexibility index (Phi) is 6.96. The van der Waals surface area contributed by atoms with E-state index in [9.17, 15) is 0 Å². The van der Waals surface area contributed by atoms with Crippen LogP contribution in [-0.4, -0.2) is 33.4 Å². The molecule has 0 amide bonds. The van der Waals surface area contributed by atoms with Gasteiger partial charge < -0.3 is 15.4 Å². The third-order valence-electron chi connectivity index (χ3n) is 1.89. The second-order valence-electron chi connectivity index (χ2n) is 3.13. The van der Waals surface area contributed by atoms with Crippen LogP contribution < -0.4 is 10.6 Å². The molecule has 0 unspecified atom stereocenters. The van der Waals surface area contributed by atoms with Gasteiger partial charge in [-0.05, 0) is 12.1 Å². The van der Waals surface area contributed by atoms with Gasteiger partial charge in [-0.2, -0.15) is 0 Å². The van der Waals surface area contributed by atoms with Gasteiger partial charge in [-0.3, -0.25) is 0 Å². The second-order valence-corrected chi connectivity index (χ2v) is 4.93. The molecule has 3 nitrogen and oxygen atoms in total. The molecule has 0 saturated carbocycles. The zero-order chi connectivity index (χ0) is 10.9. The van der Waals surface area contributed by atoms with Crippen LogP contribution in [0.15, 0.2) is 12.1 Å². The third-order valence-corrected chi connectivity index (χ3v) is 3.12. The van der Waals surface area contributed by atoms with Gasteiger partial charge in [-0.15, -0.1) is 11.3 Å². The summed E-state index contributed by atoms with van der Waals surface area (Å²) >= 11 is 7.44. The third kappa shape index (κ3) is 6.12. The maximum atomic E-state index is 5.82. The van der Waals surface area contributed by atoms with Crippen molar-refractivity contribution in [1.29, 1.82) is 0 Å².